The van der Waals surface area contributed by atoms with Crippen LogP contribution < -0.4 is 4.90 Å². The van der Waals surface area contributed by atoms with Gasteiger partial charge in [0.2, 0.25) is 5.95 Å². The third-order valence-electron chi connectivity index (χ3n) is 5.38. The van der Waals surface area contributed by atoms with Gasteiger partial charge in [-0.25, -0.2) is 9.50 Å². The highest BCUT2D eigenvalue weighted by molar-refractivity contribution is 6.01. The molecule has 0 atom stereocenters. The number of fused-ring (bicyclic) bond motifs is 1. The van der Waals surface area contributed by atoms with Gasteiger partial charge >= 0.3 is 0 Å². The molecule has 1 saturated heterocycles. The summed E-state index contributed by atoms with van der Waals surface area (Å²) in [7, 11) is 1.77. The van der Waals surface area contributed by atoms with E-state index in [1.807, 2.05) is 25.3 Å². The van der Waals surface area contributed by atoms with Crippen LogP contribution >= 0.6 is 0 Å². The minimum atomic E-state index is -0.0306. The Hall–Kier alpha value is -3.62. The van der Waals surface area contributed by atoms with Crippen LogP contribution in [-0.4, -0.2) is 53.2 Å². The molecule has 4 aromatic heterocycles. The lowest BCUT2D eigenvalue weighted by Crippen LogP contribution is -2.19. The van der Waals surface area contributed by atoms with Gasteiger partial charge in [-0.2, -0.15) is 10.1 Å². The molecule has 30 heavy (non-hydrogen) atoms. The number of Topliss-reactive ketones (excluding diaryl/α,β-unsaturated/α-hetero) is 1. The zero-order chi connectivity index (χ0) is 20.7. The van der Waals surface area contributed by atoms with Gasteiger partial charge in [-0.3, -0.25) is 14.5 Å². The largest absolute Gasteiger partial charge is 0.340 e. The van der Waals surface area contributed by atoms with E-state index in [4.69, 9.17) is 0 Å². The molecule has 0 radical (unpaired) electrons. The summed E-state index contributed by atoms with van der Waals surface area (Å²) in [4.78, 5) is 28.7. The van der Waals surface area contributed by atoms with Crippen LogP contribution in [-0.2, 0) is 13.5 Å². The first kappa shape index (κ1) is 18.4. The first-order valence-electron chi connectivity index (χ1n) is 10.0. The van der Waals surface area contributed by atoms with E-state index in [-0.39, 0.29) is 12.2 Å². The lowest BCUT2D eigenvalue weighted by Gasteiger charge is -2.10. The van der Waals surface area contributed by atoms with E-state index < -0.39 is 0 Å². The molecule has 9 heteroatoms. The number of carbonyl (C=O) groups excluding carboxylic acids is 1. The summed E-state index contributed by atoms with van der Waals surface area (Å²) < 4.78 is 3.36. The fraction of sp³-hybridized carbons (Fsp3) is 0.333. The van der Waals surface area contributed by atoms with Crippen molar-refractivity contribution in [2.75, 3.05) is 18.0 Å². The fourth-order valence-corrected chi connectivity index (χ4v) is 3.89. The molecule has 1 aliphatic heterocycles. The van der Waals surface area contributed by atoms with Crippen molar-refractivity contribution in [1.29, 1.82) is 0 Å². The van der Waals surface area contributed by atoms with Gasteiger partial charge in [-0.15, -0.1) is 5.10 Å². The van der Waals surface area contributed by atoms with E-state index in [0.717, 1.165) is 35.9 Å². The van der Waals surface area contributed by atoms with E-state index >= 15 is 0 Å². The van der Waals surface area contributed by atoms with Crippen LogP contribution in [0.1, 0.15) is 34.6 Å². The number of aromatic nitrogens is 7. The second-order valence-corrected chi connectivity index (χ2v) is 7.62. The molecular formula is C21H22N8O. The Labute approximate surface area is 173 Å². The minimum absolute atomic E-state index is 0.0306. The summed E-state index contributed by atoms with van der Waals surface area (Å²) >= 11 is 0. The normalized spacial score (nSPS) is 14.0. The lowest BCUT2D eigenvalue weighted by molar-refractivity contribution is 0.0984. The summed E-state index contributed by atoms with van der Waals surface area (Å²) in [6.07, 6.45) is 9.46. The summed E-state index contributed by atoms with van der Waals surface area (Å²) in [5, 5.41) is 8.84. The van der Waals surface area contributed by atoms with Crippen molar-refractivity contribution in [1.82, 2.24) is 34.3 Å². The molecule has 5 heterocycles. The van der Waals surface area contributed by atoms with E-state index in [1.165, 1.54) is 12.8 Å². The zero-order valence-corrected chi connectivity index (χ0v) is 17.0. The number of nitrogens with zero attached hydrogens (tertiary/aromatic N) is 8. The molecule has 152 valence electrons. The maximum Gasteiger partial charge on any atom is 0.245 e. The van der Waals surface area contributed by atoms with Gasteiger partial charge in [-0.05, 0) is 37.5 Å². The van der Waals surface area contributed by atoms with Gasteiger partial charge in [0.05, 0.1) is 29.3 Å². The number of pyridine rings is 1. The average molecular weight is 402 g/mol. The molecule has 4 aromatic rings. The Bertz CT molecular complexity index is 1240. The number of anilines is 1. The van der Waals surface area contributed by atoms with Crippen molar-refractivity contribution in [3.05, 3.63) is 53.9 Å². The quantitative estimate of drug-likeness (QED) is 0.473. The van der Waals surface area contributed by atoms with E-state index in [1.54, 1.807) is 34.8 Å². The van der Waals surface area contributed by atoms with Crippen molar-refractivity contribution in [2.24, 2.45) is 7.05 Å². The molecule has 0 spiro atoms. The summed E-state index contributed by atoms with van der Waals surface area (Å²) in [5.74, 6) is 0.722. The first-order valence-corrected chi connectivity index (χ1v) is 10.0. The Morgan fingerprint density at radius 1 is 1.13 bits per heavy atom. The van der Waals surface area contributed by atoms with Gasteiger partial charge < -0.3 is 4.90 Å². The van der Waals surface area contributed by atoms with E-state index in [0.29, 0.717) is 17.0 Å². The lowest BCUT2D eigenvalue weighted by atomic mass is 10.0. The molecule has 0 bridgehead atoms. The zero-order valence-electron chi connectivity index (χ0n) is 17.0. The highest BCUT2D eigenvalue weighted by atomic mass is 16.1. The maximum absolute atomic E-state index is 13.2. The number of ketones is 1. The predicted molar refractivity (Wildman–Crippen MR) is 111 cm³/mol. The molecular weight excluding hydrogens is 380 g/mol. The van der Waals surface area contributed by atoms with Gasteiger partial charge in [0.1, 0.15) is 5.69 Å². The highest BCUT2D eigenvalue weighted by Crippen LogP contribution is 2.23. The van der Waals surface area contributed by atoms with Crippen LogP contribution in [0.15, 0.2) is 36.9 Å². The highest BCUT2D eigenvalue weighted by Gasteiger charge is 2.21. The van der Waals surface area contributed by atoms with Gasteiger partial charge in [0, 0.05) is 39.0 Å². The molecule has 0 aromatic carbocycles. The molecule has 0 unspecified atom stereocenters. The van der Waals surface area contributed by atoms with Gasteiger partial charge in [0.15, 0.2) is 11.4 Å². The molecule has 0 saturated carbocycles. The van der Waals surface area contributed by atoms with Crippen molar-refractivity contribution < 1.29 is 4.79 Å². The molecule has 5 rings (SSSR count). The molecule has 9 nitrogen and oxygen atoms in total. The molecule has 0 amide bonds. The fourth-order valence-electron chi connectivity index (χ4n) is 3.89. The van der Waals surface area contributed by atoms with Crippen LogP contribution in [0.2, 0.25) is 0 Å². The summed E-state index contributed by atoms with van der Waals surface area (Å²) in [5.41, 5.74) is 4.29. The number of hydrogen-bond acceptors (Lipinski definition) is 7. The number of aryl methyl sites for hydroxylation is 2. The molecule has 0 N–H and O–H groups in total. The Morgan fingerprint density at radius 3 is 2.77 bits per heavy atom. The summed E-state index contributed by atoms with van der Waals surface area (Å²) in [6, 6.07) is 3.84. The topological polar surface area (TPSA) is 94.1 Å². The van der Waals surface area contributed by atoms with E-state index in [9.17, 15) is 4.79 Å². The second kappa shape index (κ2) is 7.33. The maximum atomic E-state index is 13.2. The second-order valence-electron chi connectivity index (χ2n) is 7.62. The van der Waals surface area contributed by atoms with Crippen LogP contribution in [0.5, 0.6) is 0 Å². The smallest absolute Gasteiger partial charge is 0.245 e. The molecule has 1 aliphatic rings. The van der Waals surface area contributed by atoms with Crippen LogP contribution in [0.25, 0.3) is 16.9 Å². The first-order chi connectivity index (χ1) is 14.6. The number of carbonyl (C=O) groups is 1. The third kappa shape index (κ3) is 3.32. The Morgan fingerprint density at radius 2 is 1.97 bits per heavy atom. The Kier molecular flexibility index (Phi) is 4.50. The van der Waals surface area contributed by atoms with E-state index in [2.05, 4.69) is 30.0 Å². The summed E-state index contributed by atoms with van der Waals surface area (Å²) in [6.45, 7) is 3.86. The molecule has 0 aliphatic carbocycles. The monoisotopic (exact) mass is 402 g/mol. The van der Waals surface area contributed by atoms with Gasteiger partial charge in [0.25, 0.3) is 0 Å². The van der Waals surface area contributed by atoms with Crippen LogP contribution in [0.4, 0.5) is 5.95 Å². The van der Waals surface area contributed by atoms with Crippen molar-refractivity contribution >= 4 is 17.4 Å². The Balaban J connectivity index is 1.43. The number of rotatable bonds is 5. The van der Waals surface area contributed by atoms with Crippen LogP contribution in [0, 0.1) is 6.92 Å². The van der Waals surface area contributed by atoms with Crippen molar-refractivity contribution in [3.8, 4) is 11.3 Å². The van der Waals surface area contributed by atoms with Crippen molar-refractivity contribution in [2.45, 2.75) is 26.2 Å². The standard InChI is InChI=1S/C21H22N8O/c1-14-11-22-13-17(24-14)16-12-23-27(2)20(16)18(30)9-15-5-8-29-19(10-15)25-21(26-29)28-6-3-4-7-28/h5,8,10-13H,3-4,6-7,9H2,1-2H3. The van der Waals surface area contributed by atoms with Crippen molar-refractivity contribution in [3.63, 3.8) is 0 Å². The SMILES string of the molecule is Cc1cncc(-c2cnn(C)c2C(=O)Cc2ccn3nc(N4CCCC4)nc3c2)n1. The van der Waals surface area contributed by atoms with Crippen LogP contribution in [0.3, 0.4) is 0 Å². The number of hydrogen-bond donors (Lipinski definition) is 0. The minimum Gasteiger partial charge on any atom is -0.340 e. The average Bonchev–Trinajstić information content (AvgIpc) is 3.46. The third-order valence-corrected chi connectivity index (χ3v) is 5.38. The predicted octanol–water partition coefficient (Wildman–Crippen LogP) is 2.25. The molecule has 1 fully saturated rings. The van der Waals surface area contributed by atoms with Gasteiger partial charge in [-0.1, -0.05) is 0 Å².